The lowest BCUT2D eigenvalue weighted by Crippen LogP contribution is -2.31. The molecule has 1 atom stereocenters. The fourth-order valence-corrected chi connectivity index (χ4v) is 1.37. The molecular weight excluding hydrogens is 208 g/mol. The second-order valence-electron chi connectivity index (χ2n) is 3.66. The molecule has 5 nitrogen and oxygen atoms in total. The van der Waals surface area contributed by atoms with E-state index in [4.69, 9.17) is 5.73 Å². The Labute approximate surface area is 82.5 Å². The average Bonchev–Trinajstić information content (AvgIpc) is 2.70. The van der Waals surface area contributed by atoms with Gasteiger partial charge in [0, 0.05) is 25.1 Å². The molecule has 82 valence electrons. The Bertz CT molecular complexity index is 505. The van der Waals surface area contributed by atoms with Crippen LogP contribution in [0.5, 0.6) is 0 Å². The summed E-state index contributed by atoms with van der Waals surface area (Å²) in [6.45, 7) is -0.118. The maximum Gasteiger partial charge on any atom is 0.328 e. The maximum atomic E-state index is 12.6. The average molecular weight is 217 g/mol. The summed E-state index contributed by atoms with van der Waals surface area (Å²) in [6, 6.07) is 0. The van der Waals surface area contributed by atoms with Gasteiger partial charge >= 0.3 is 5.69 Å². The summed E-state index contributed by atoms with van der Waals surface area (Å²) in [4.78, 5) is 24.0. The fraction of sp³-hybridized carbons (Fsp3) is 0.500. The maximum absolute atomic E-state index is 12.6. The summed E-state index contributed by atoms with van der Waals surface area (Å²) in [5.41, 5.74) is 3.70. The van der Waals surface area contributed by atoms with Gasteiger partial charge in [-0.15, -0.1) is 0 Å². The number of hydrogen-bond donors (Lipinski definition) is 2. The van der Waals surface area contributed by atoms with E-state index < -0.39 is 23.1 Å². The predicted octanol–water partition coefficient (Wildman–Crippen LogP) is -0.226. The van der Waals surface area contributed by atoms with Crippen molar-refractivity contribution >= 4 is 5.69 Å². The van der Waals surface area contributed by atoms with Crippen molar-refractivity contribution < 1.29 is 8.78 Å². The molecule has 2 rings (SSSR count). The van der Waals surface area contributed by atoms with Gasteiger partial charge in [0.15, 0.2) is 0 Å². The van der Waals surface area contributed by atoms with E-state index in [1.54, 1.807) is 0 Å². The third-order valence-electron chi connectivity index (χ3n) is 2.41. The molecule has 0 spiro atoms. The molecule has 0 radical (unpaired) electrons. The van der Waals surface area contributed by atoms with E-state index in [-0.39, 0.29) is 18.7 Å². The van der Waals surface area contributed by atoms with Crippen LogP contribution in [-0.4, -0.2) is 15.5 Å². The molecule has 1 heterocycles. The van der Waals surface area contributed by atoms with E-state index >= 15 is 0 Å². The second kappa shape index (κ2) is 2.91. The van der Waals surface area contributed by atoms with E-state index in [0.717, 1.165) is 10.8 Å². The first kappa shape index (κ1) is 9.88. The minimum Gasteiger partial charge on any atom is -0.393 e. The topological polar surface area (TPSA) is 80.9 Å². The first-order valence-electron chi connectivity index (χ1n) is 4.37. The Morgan fingerprint density at radius 2 is 2.20 bits per heavy atom. The number of nitrogens with zero attached hydrogens (tertiary/aromatic N) is 1. The van der Waals surface area contributed by atoms with Gasteiger partial charge in [-0.2, -0.15) is 0 Å². The van der Waals surface area contributed by atoms with Crippen molar-refractivity contribution in [2.24, 2.45) is 5.92 Å². The highest BCUT2D eigenvalue weighted by atomic mass is 19.3. The molecule has 0 aliphatic heterocycles. The fourth-order valence-electron chi connectivity index (χ4n) is 1.37. The molecule has 1 aliphatic rings. The van der Waals surface area contributed by atoms with Crippen molar-refractivity contribution in [3.63, 3.8) is 0 Å². The van der Waals surface area contributed by atoms with Crippen LogP contribution in [-0.2, 0) is 6.54 Å². The molecule has 1 aromatic heterocycles. The summed E-state index contributed by atoms with van der Waals surface area (Å²) in [7, 11) is 0. The number of rotatable bonds is 2. The number of nitrogen functional groups attached to an aromatic ring is 1. The number of alkyl halides is 2. The number of aromatic amines is 1. The van der Waals surface area contributed by atoms with Gasteiger partial charge in [-0.05, 0) is 0 Å². The second-order valence-corrected chi connectivity index (χ2v) is 3.66. The van der Waals surface area contributed by atoms with Crippen LogP contribution in [0.3, 0.4) is 0 Å². The Morgan fingerprint density at radius 3 is 2.73 bits per heavy atom. The van der Waals surface area contributed by atoms with E-state index in [1.165, 1.54) is 0 Å². The van der Waals surface area contributed by atoms with Crippen molar-refractivity contribution in [3.8, 4) is 0 Å². The molecule has 1 saturated carbocycles. The Balaban J connectivity index is 2.27. The molecule has 1 aliphatic carbocycles. The lowest BCUT2D eigenvalue weighted by atomic mass is 10.4. The monoisotopic (exact) mass is 217 g/mol. The third-order valence-corrected chi connectivity index (χ3v) is 2.41. The molecule has 0 bridgehead atoms. The number of hydrogen-bond acceptors (Lipinski definition) is 3. The van der Waals surface area contributed by atoms with Crippen LogP contribution in [0, 0.1) is 5.92 Å². The summed E-state index contributed by atoms with van der Waals surface area (Å²) in [5, 5.41) is 0. The normalized spacial score (nSPS) is 22.7. The summed E-state index contributed by atoms with van der Waals surface area (Å²) in [6.07, 6.45) is 0.869. The van der Waals surface area contributed by atoms with Crippen molar-refractivity contribution in [2.45, 2.75) is 18.9 Å². The highest BCUT2D eigenvalue weighted by Gasteiger charge is 2.56. The summed E-state index contributed by atoms with van der Waals surface area (Å²) in [5.74, 6) is -3.52. The van der Waals surface area contributed by atoms with Crippen LogP contribution in [0.1, 0.15) is 6.42 Å². The third kappa shape index (κ3) is 1.77. The molecule has 0 aromatic carbocycles. The Kier molecular flexibility index (Phi) is 1.92. The van der Waals surface area contributed by atoms with Crippen LogP contribution in [0.4, 0.5) is 14.5 Å². The highest BCUT2D eigenvalue weighted by Crippen LogP contribution is 2.49. The lowest BCUT2D eigenvalue weighted by Gasteiger charge is -2.04. The lowest BCUT2D eigenvalue weighted by molar-refractivity contribution is 0.0948. The number of anilines is 1. The summed E-state index contributed by atoms with van der Waals surface area (Å²) >= 11 is 0. The van der Waals surface area contributed by atoms with Gasteiger partial charge in [0.1, 0.15) is 5.69 Å². The van der Waals surface area contributed by atoms with Gasteiger partial charge in [0.2, 0.25) is 0 Å². The van der Waals surface area contributed by atoms with Crippen molar-refractivity contribution in [1.82, 2.24) is 9.55 Å². The minimum atomic E-state index is -2.69. The van der Waals surface area contributed by atoms with Crippen LogP contribution in [0.2, 0.25) is 0 Å². The molecule has 15 heavy (non-hydrogen) atoms. The Morgan fingerprint density at radius 1 is 1.60 bits per heavy atom. The molecule has 1 aromatic rings. The van der Waals surface area contributed by atoms with Crippen molar-refractivity contribution in [1.29, 1.82) is 0 Å². The highest BCUT2D eigenvalue weighted by molar-refractivity contribution is 5.30. The molecule has 0 saturated heterocycles. The SMILES string of the molecule is Nc1cn(CC2CC2(F)F)c(=O)[nH]c1=O. The van der Waals surface area contributed by atoms with Crippen molar-refractivity contribution in [3.05, 3.63) is 27.0 Å². The number of aromatic nitrogens is 2. The van der Waals surface area contributed by atoms with E-state index in [9.17, 15) is 18.4 Å². The number of nitrogens with two attached hydrogens (primary N) is 1. The van der Waals surface area contributed by atoms with Crippen LogP contribution < -0.4 is 17.0 Å². The zero-order valence-corrected chi connectivity index (χ0v) is 7.67. The van der Waals surface area contributed by atoms with Gasteiger partial charge in [-0.25, -0.2) is 13.6 Å². The minimum absolute atomic E-state index is 0.118. The standard InChI is InChI=1S/C8H9F2N3O2/c9-8(10)1-4(8)2-13-3-5(11)6(14)12-7(13)15/h3-4H,1-2,11H2,(H,12,14,15). The molecule has 7 heteroatoms. The van der Waals surface area contributed by atoms with E-state index in [1.807, 2.05) is 4.98 Å². The van der Waals surface area contributed by atoms with Crippen molar-refractivity contribution in [2.75, 3.05) is 5.73 Å². The molecule has 3 N–H and O–H groups in total. The first-order chi connectivity index (χ1) is 6.90. The number of H-pyrrole nitrogens is 1. The first-order valence-corrected chi connectivity index (χ1v) is 4.37. The summed E-state index contributed by atoms with van der Waals surface area (Å²) < 4.78 is 26.2. The van der Waals surface area contributed by atoms with Gasteiger partial charge in [-0.3, -0.25) is 14.3 Å². The van der Waals surface area contributed by atoms with E-state index in [2.05, 4.69) is 0 Å². The van der Waals surface area contributed by atoms with E-state index in [0.29, 0.717) is 0 Å². The zero-order valence-electron chi connectivity index (χ0n) is 7.67. The van der Waals surface area contributed by atoms with Gasteiger partial charge in [0.05, 0.1) is 0 Å². The molecule has 0 amide bonds. The molecular formula is C8H9F2N3O2. The van der Waals surface area contributed by atoms with Crippen LogP contribution in [0.25, 0.3) is 0 Å². The molecule has 1 unspecified atom stereocenters. The predicted molar refractivity (Wildman–Crippen MR) is 48.8 cm³/mol. The van der Waals surface area contributed by atoms with Gasteiger partial charge in [0.25, 0.3) is 11.5 Å². The van der Waals surface area contributed by atoms with Crippen LogP contribution in [0.15, 0.2) is 15.8 Å². The molecule has 1 fully saturated rings. The smallest absolute Gasteiger partial charge is 0.328 e. The van der Waals surface area contributed by atoms with Crippen LogP contribution >= 0.6 is 0 Å². The number of halogens is 2. The quantitative estimate of drug-likeness (QED) is 0.718. The van der Waals surface area contributed by atoms with Gasteiger partial charge in [-0.1, -0.05) is 0 Å². The Hall–Kier alpha value is -1.66. The van der Waals surface area contributed by atoms with Gasteiger partial charge < -0.3 is 5.73 Å². The largest absolute Gasteiger partial charge is 0.393 e. The zero-order chi connectivity index (χ0) is 11.2. The number of nitrogens with one attached hydrogen (secondary N) is 1.